The van der Waals surface area contributed by atoms with Gasteiger partial charge < -0.3 is 4.74 Å². The first kappa shape index (κ1) is 13.5. The van der Waals surface area contributed by atoms with Crippen LogP contribution in [0.4, 0.5) is 0 Å². The maximum Gasteiger partial charge on any atom is 0.322 e. The second-order valence-corrected chi connectivity index (χ2v) is 5.62. The van der Waals surface area contributed by atoms with Crippen LogP contribution < -0.4 is 0 Å². The van der Waals surface area contributed by atoms with E-state index in [9.17, 15) is 4.79 Å². The van der Waals surface area contributed by atoms with Gasteiger partial charge >= 0.3 is 5.97 Å². The predicted molar refractivity (Wildman–Crippen MR) is 72.6 cm³/mol. The molecule has 0 bridgehead atoms. The molecule has 0 radical (unpaired) electrons. The largest absolute Gasteiger partial charge is 0.468 e. The zero-order valence-electron chi connectivity index (χ0n) is 11.0. The number of methoxy groups -OCH3 is 1. The van der Waals surface area contributed by atoms with E-state index in [0.717, 1.165) is 32.7 Å². The van der Waals surface area contributed by atoms with Crippen molar-refractivity contribution >= 4 is 17.3 Å². The number of ether oxygens (including phenoxy) is 1. The molecule has 1 aliphatic heterocycles. The van der Waals surface area contributed by atoms with Gasteiger partial charge in [0.25, 0.3) is 0 Å². The Bertz CT molecular complexity index is 372. The van der Waals surface area contributed by atoms with Gasteiger partial charge in [-0.25, -0.2) is 0 Å². The lowest BCUT2D eigenvalue weighted by Crippen LogP contribution is -2.51. The number of carbonyl (C=O) groups excluding carboxylic acids is 1. The topological polar surface area (TPSA) is 32.8 Å². The molecule has 2 heterocycles. The second-order valence-electron chi connectivity index (χ2n) is 4.59. The van der Waals surface area contributed by atoms with Crippen LogP contribution in [0.3, 0.4) is 0 Å². The molecule has 1 atom stereocenters. The number of hydrogen-bond donors (Lipinski definition) is 0. The van der Waals surface area contributed by atoms with E-state index >= 15 is 0 Å². The molecule has 0 N–H and O–H groups in total. The summed E-state index contributed by atoms with van der Waals surface area (Å²) in [6.45, 7) is 6.83. The van der Waals surface area contributed by atoms with E-state index in [0.29, 0.717) is 0 Å². The summed E-state index contributed by atoms with van der Waals surface area (Å²) in [4.78, 5) is 17.5. The van der Waals surface area contributed by atoms with E-state index < -0.39 is 0 Å². The highest BCUT2D eigenvalue weighted by molar-refractivity contribution is 7.09. The number of esters is 1. The van der Waals surface area contributed by atoms with Gasteiger partial charge in [0, 0.05) is 37.6 Å². The highest BCUT2D eigenvalue weighted by atomic mass is 32.1. The Morgan fingerprint density at radius 3 is 2.72 bits per heavy atom. The Kier molecular flexibility index (Phi) is 4.74. The molecule has 1 saturated heterocycles. The van der Waals surface area contributed by atoms with Crippen LogP contribution in [0.5, 0.6) is 0 Å². The summed E-state index contributed by atoms with van der Waals surface area (Å²) in [5, 5.41) is 2.12. The molecule has 1 aromatic heterocycles. The van der Waals surface area contributed by atoms with Gasteiger partial charge in [-0.05, 0) is 18.4 Å². The summed E-state index contributed by atoms with van der Waals surface area (Å²) in [5.74, 6) is -0.137. The minimum absolute atomic E-state index is 0.126. The molecule has 4 nitrogen and oxygen atoms in total. The van der Waals surface area contributed by atoms with Crippen LogP contribution in [-0.4, -0.2) is 55.1 Å². The fraction of sp³-hybridized carbons (Fsp3) is 0.615. The van der Waals surface area contributed by atoms with Gasteiger partial charge in [0.2, 0.25) is 0 Å². The second kappa shape index (κ2) is 6.31. The smallest absolute Gasteiger partial charge is 0.322 e. The Balaban J connectivity index is 1.79. The lowest BCUT2D eigenvalue weighted by molar-refractivity contribution is -0.147. The van der Waals surface area contributed by atoms with Crippen LogP contribution in [0.15, 0.2) is 17.5 Å². The molecule has 18 heavy (non-hydrogen) atoms. The third-order valence-electron chi connectivity index (χ3n) is 3.46. The van der Waals surface area contributed by atoms with Crippen molar-refractivity contribution in [2.45, 2.75) is 19.5 Å². The van der Waals surface area contributed by atoms with E-state index in [1.807, 2.05) is 6.92 Å². The number of hydrogen-bond acceptors (Lipinski definition) is 5. The zero-order chi connectivity index (χ0) is 13.0. The molecule has 2 rings (SSSR count). The minimum atomic E-state index is -0.137. The van der Waals surface area contributed by atoms with Gasteiger partial charge in [0.05, 0.1) is 7.11 Å². The molecule has 0 unspecified atom stereocenters. The standard InChI is InChI=1S/C13H20N2O2S/c1-11(13(16)17-2)15-7-5-14(6-8-15)10-12-4-3-9-18-12/h3-4,9,11H,5-8,10H2,1-2H3/t11-/m0/s1. The molecule has 5 heteroatoms. The molecule has 1 aliphatic rings. The first-order valence-corrected chi connectivity index (χ1v) is 7.15. The average Bonchev–Trinajstić information content (AvgIpc) is 2.91. The number of rotatable bonds is 4. The Morgan fingerprint density at radius 1 is 1.44 bits per heavy atom. The third kappa shape index (κ3) is 3.31. The van der Waals surface area contributed by atoms with Crippen molar-refractivity contribution in [3.05, 3.63) is 22.4 Å². The summed E-state index contributed by atoms with van der Waals surface area (Å²) in [7, 11) is 1.45. The molecule has 1 fully saturated rings. The minimum Gasteiger partial charge on any atom is -0.468 e. The van der Waals surface area contributed by atoms with Gasteiger partial charge in [0.15, 0.2) is 0 Å². The van der Waals surface area contributed by atoms with Crippen LogP contribution in [0.1, 0.15) is 11.8 Å². The number of thiophene rings is 1. The maximum atomic E-state index is 11.5. The van der Waals surface area contributed by atoms with Crippen molar-refractivity contribution in [3.63, 3.8) is 0 Å². The van der Waals surface area contributed by atoms with Crippen LogP contribution in [0.2, 0.25) is 0 Å². The molecule has 0 spiro atoms. The highest BCUT2D eigenvalue weighted by Gasteiger charge is 2.25. The zero-order valence-corrected chi connectivity index (χ0v) is 11.8. The highest BCUT2D eigenvalue weighted by Crippen LogP contribution is 2.14. The predicted octanol–water partition coefficient (Wildman–Crippen LogP) is 1.43. The molecule has 1 aromatic rings. The molecule has 0 amide bonds. The van der Waals surface area contributed by atoms with Crippen molar-refractivity contribution in [2.24, 2.45) is 0 Å². The SMILES string of the molecule is COC(=O)[C@H](C)N1CCN(Cc2cccs2)CC1. The Hall–Kier alpha value is -0.910. The summed E-state index contributed by atoms with van der Waals surface area (Å²) in [6.07, 6.45) is 0. The molecular formula is C13H20N2O2S. The first-order chi connectivity index (χ1) is 8.70. The van der Waals surface area contributed by atoms with Crippen molar-refractivity contribution in [1.82, 2.24) is 9.80 Å². The average molecular weight is 268 g/mol. The molecule has 0 saturated carbocycles. The summed E-state index contributed by atoms with van der Waals surface area (Å²) in [5.41, 5.74) is 0. The van der Waals surface area contributed by atoms with Crippen molar-refractivity contribution in [1.29, 1.82) is 0 Å². The first-order valence-electron chi connectivity index (χ1n) is 6.27. The van der Waals surface area contributed by atoms with Crippen LogP contribution in [-0.2, 0) is 16.1 Å². The fourth-order valence-corrected chi connectivity index (χ4v) is 3.00. The lowest BCUT2D eigenvalue weighted by atomic mass is 10.2. The van der Waals surface area contributed by atoms with Crippen molar-refractivity contribution in [3.8, 4) is 0 Å². The molecule has 100 valence electrons. The maximum absolute atomic E-state index is 11.5. The quantitative estimate of drug-likeness (QED) is 0.773. The molecule has 0 aromatic carbocycles. The van der Waals surface area contributed by atoms with E-state index in [1.165, 1.54) is 12.0 Å². The normalized spacial score (nSPS) is 19.7. The third-order valence-corrected chi connectivity index (χ3v) is 4.32. The van der Waals surface area contributed by atoms with Crippen molar-refractivity contribution < 1.29 is 9.53 Å². The Labute approximate surface area is 112 Å². The van der Waals surface area contributed by atoms with Gasteiger partial charge in [-0.2, -0.15) is 0 Å². The van der Waals surface area contributed by atoms with Gasteiger partial charge in [-0.15, -0.1) is 11.3 Å². The van der Waals surface area contributed by atoms with Crippen LogP contribution in [0.25, 0.3) is 0 Å². The van der Waals surface area contributed by atoms with E-state index in [4.69, 9.17) is 4.74 Å². The lowest BCUT2D eigenvalue weighted by Gasteiger charge is -2.36. The molecular weight excluding hydrogens is 248 g/mol. The molecule has 0 aliphatic carbocycles. The number of piperazine rings is 1. The van der Waals surface area contributed by atoms with Crippen LogP contribution >= 0.6 is 11.3 Å². The van der Waals surface area contributed by atoms with Crippen LogP contribution in [0, 0.1) is 0 Å². The van der Waals surface area contributed by atoms with Gasteiger partial charge in [0.1, 0.15) is 6.04 Å². The van der Waals surface area contributed by atoms with E-state index in [1.54, 1.807) is 11.3 Å². The number of carbonyl (C=O) groups is 1. The Morgan fingerprint density at radius 2 is 2.17 bits per heavy atom. The van der Waals surface area contributed by atoms with Gasteiger partial charge in [-0.1, -0.05) is 6.07 Å². The fourth-order valence-electron chi connectivity index (χ4n) is 2.25. The summed E-state index contributed by atoms with van der Waals surface area (Å²) < 4.78 is 4.78. The van der Waals surface area contributed by atoms with E-state index in [2.05, 4.69) is 27.3 Å². The summed E-state index contributed by atoms with van der Waals surface area (Å²) >= 11 is 1.80. The van der Waals surface area contributed by atoms with E-state index in [-0.39, 0.29) is 12.0 Å². The van der Waals surface area contributed by atoms with Crippen molar-refractivity contribution in [2.75, 3.05) is 33.3 Å². The number of nitrogens with zero attached hydrogens (tertiary/aromatic N) is 2. The van der Waals surface area contributed by atoms with Gasteiger partial charge in [-0.3, -0.25) is 14.6 Å². The summed E-state index contributed by atoms with van der Waals surface area (Å²) in [6, 6.07) is 4.14. The monoisotopic (exact) mass is 268 g/mol.